The topological polar surface area (TPSA) is 56.2 Å². The van der Waals surface area contributed by atoms with Gasteiger partial charge >= 0.3 is 6.61 Å². The average molecular weight is 323 g/mol. The summed E-state index contributed by atoms with van der Waals surface area (Å²) >= 11 is 0. The lowest BCUT2D eigenvalue weighted by atomic mass is 10.1. The highest BCUT2D eigenvalue weighted by atomic mass is 19.3. The van der Waals surface area contributed by atoms with E-state index in [4.69, 9.17) is 0 Å². The second-order valence-corrected chi connectivity index (χ2v) is 5.20. The second kappa shape index (κ2) is 7.21. The van der Waals surface area contributed by atoms with Crippen LogP contribution >= 0.6 is 0 Å². The van der Waals surface area contributed by atoms with Crippen LogP contribution in [0.15, 0.2) is 24.3 Å². The zero-order chi connectivity index (χ0) is 17.0. The number of nitrogens with zero attached hydrogens (tertiary/aromatic N) is 2. The molecule has 1 heterocycles. The number of ether oxygens (including phenoxy) is 1. The third kappa shape index (κ3) is 4.28. The van der Waals surface area contributed by atoms with E-state index in [9.17, 15) is 13.6 Å². The number of hydrogen-bond donors (Lipinski definition) is 1. The van der Waals surface area contributed by atoms with Crippen LogP contribution in [0.3, 0.4) is 0 Å². The Labute approximate surface area is 133 Å². The Morgan fingerprint density at radius 2 is 1.96 bits per heavy atom. The first-order valence-electron chi connectivity index (χ1n) is 7.20. The highest BCUT2D eigenvalue weighted by molar-refractivity contribution is 5.96. The fourth-order valence-electron chi connectivity index (χ4n) is 2.35. The monoisotopic (exact) mass is 323 g/mol. The van der Waals surface area contributed by atoms with E-state index >= 15 is 0 Å². The van der Waals surface area contributed by atoms with Crippen molar-refractivity contribution in [3.05, 3.63) is 46.8 Å². The van der Waals surface area contributed by atoms with E-state index in [1.54, 1.807) is 30.8 Å². The van der Waals surface area contributed by atoms with Crippen molar-refractivity contribution in [3.8, 4) is 5.75 Å². The number of rotatable bonds is 6. The van der Waals surface area contributed by atoms with E-state index in [2.05, 4.69) is 15.2 Å². The summed E-state index contributed by atoms with van der Waals surface area (Å²) in [6.45, 7) is 1.26. The molecule has 0 aliphatic rings. The van der Waals surface area contributed by atoms with Crippen molar-refractivity contribution in [3.63, 3.8) is 0 Å². The van der Waals surface area contributed by atoms with Gasteiger partial charge in [-0.3, -0.25) is 9.48 Å². The van der Waals surface area contributed by atoms with Gasteiger partial charge in [0, 0.05) is 19.3 Å². The Bertz CT molecular complexity index is 681. The Hall–Kier alpha value is -2.44. The molecule has 0 aliphatic carbocycles. The molecule has 2 aromatic rings. The van der Waals surface area contributed by atoms with Gasteiger partial charge in [0.2, 0.25) is 0 Å². The number of amides is 1. The molecule has 0 unspecified atom stereocenters. The molecule has 1 amide bonds. The van der Waals surface area contributed by atoms with E-state index < -0.39 is 6.61 Å². The fraction of sp³-hybridized carbons (Fsp3) is 0.375. The van der Waals surface area contributed by atoms with Crippen LogP contribution in [0.4, 0.5) is 8.78 Å². The van der Waals surface area contributed by atoms with Crippen LogP contribution in [0.5, 0.6) is 5.75 Å². The van der Waals surface area contributed by atoms with Gasteiger partial charge in [0.25, 0.3) is 5.91 Å². The molecule has 0 saturated carbocycles. The van der Waals surface area contributed by atoms with Crippen molar-refractivity contribution in [1.29, 1.82) is 0 Å². The number of carbonyl (C=O) groups is 1. The molecule has 124 valence electrons. The third-order valence-electron chi connectivity index (χ3n) is 3.58. The Balaban J connectivity index is 1.88. The van der Waals surface area contributed by atoms with E-state index in [1.807, 2.05) is 6.92 Å². The number of benzene rings is 1. The first-order valence-corrected chi connectivity index (χ1v) is 7.20. The predicted molar refractivity (Wildman–Crippen MR) is 81.8 cm³/mol. The van der Waals surface area contributed by atoms with Gasteiger partial charge in [-0.2, -0.15) is 13.9 Å². The van der Waals surface area contributed by atoms with Gasteiger partial charge in [0.15, 0.2) is 0 Å². The van der Waals surface area contributed by atoms with Crippen LogP contribution in [0, 0.1) is 13.8 Å². The fourth-order valence-corrected chi connectivity index (χ4v) is 2.35. The SMILES string of the molecule is Cc1nn(C)c(C)c1C(=O)NCCc1ccc(OC(F)F)cc1. The smallest absolute Gasteiger partial charge is 0.387 e. The first-order chi connectivity index (χ1) is 10.9. The molecule has 1 aromatic carbocycles. The molecule has 0 radical (unpaired) electrons. The molecule has 0 aliphatic heterocycles. The largest absolute Gasteiger partial charge is 0.435 e. The third-order valence-corrected chi connectivity index (χ3v) is 3.58. The molecule has 0 bridgehead atoms. The minimum atomic E-state index is -2.83. The predicted octanol–water partition coefficient (Wildman–Crippen LogP) is 2.61. The normalized spacial score (nSPS) is 10.9. The van der Waals surface area contributed by atoms with Gasteiger partial charge in [-0.25, -0.2) is 0 Å². The molecule has 0 atom stereocenters. The van der Waals surface area contributed by atoms with Crippen LogP contribution in [0.2, 0.25) is 0 Å². The molecule has 7 heteroatoms. The number of aryl methyl sites for hydroxylation is 2. The molecular formula is C16H19F2N3O2. The average Bonchev–Trinajstić information content (AvgIpc) is 2.73. The number of hydrogen-bond acceptors (Lipinski definition) is 3. The van der Waals surface area contributed by atoms with Crippen LogP contribution < -0.4 is 10.1 Å². The number of carbonyl (C=O) groups excluding carboxylic acids is 1. The molecule has 0 fully saturated rings. The molecule has 1 N–H and O–H groups in total. The van der Waals surface area contributed by atoms with Crippen molar-refractivity contribution < 1.29 is 18.3 Å². The second-order valence-electron chi connectivity index (χ2n) is 5.20. The van der Waals surface area contributed by atoms with Crippen LogP contribution in [0.1, 0.15) is 27.3 Å². The maximum atomic E-state index is 12.2. The van der Waals surface area contributed by atoms with Gasteiger partial charge in [0.1, 0.15) is 5.75 Å². The maximum Gasteiger partial charge on any atom is 0.387 e. The van der Waals surface area contributed by atoms with E-state index in [-0.39, 0.29) is 11.7 Å². The molecular weight excluding hydrogens is 304 g/mol. The minimum Gasteiger partial charge on any atom is -0.435 e. The summed E-state index contributed by atoms with van der Waals surface area (Å²) < 4.78 is 30.1. The lowest BCUT2D eigenvalue weighted by molar-refractivity contribution is -0.0498. The van der Waals surface area contributed by atoms with Gasteiger partial charge in [-0.05, 0) is 38.0 Å². The van der Waals surface area contributed by atoms with E-state index in [0.717, 1.165) is 11.3 Å². The highest BCUT2D eigenvalue weighted by Crippen LogP contribution is 2.15. The van der Waals surface area contributed by atoms with E-state index in [0.29, 0.717) is 24.2 Å². The Morgan fingerprint density at radius 1 is 1.30 bits per heavy atom. The maximum absolute atomic E-state index is 12.2. The van der Waals surface area contributed by atoms with E-state index in [1.165, 1.54) is 12.1 Å². The first kappa shape index (κ1) is 16.9. The standard InChI is InChI=1S/C16H19F2N3O2/c1-10-14(11(2)21(3)20-10)15(22)19-9-8-12-4-6-13(7-5-12)23-16(17)18/h4-7,16H,8-9H2,1-3H3,(H,19,22). The van der Waals surface area contributed by atoms with Crippen molar-refractivity contribution in [2.45, 2.75) is 26.9 Å². The lowest BCUT2D eigenvalue weighted by Gasteiger charge is -2.07. The van der Waals surface area contributed by atoms with Gasteiger partial charge in [-0.1, -0.05) is 12.1 Å². The van der Waals surface area contributed by atoms with Crippen molar-refractivity contribution in [2.75, 3.05) is 6.54 Å². The summed E-state index contributed by atoms with van der Waals surface area (Å²) in [5, 5.41) is 7.06. The quantitative estimate of drug-likeness (QED) is 0.889. The number of nitrogens with one attached hydrogen (secondary N) is 1. The van der Waals surface area contributed by atoms with Crippen LogP contribution in [-0.2, 0) is 13.5 Å². The number of aromatic nitrogens is 2. The summed E-state index contributed by atoms with van der Waals surface area (Å²) in [5.74, 6) is -0.0415. The summed E-state index contributed by atoms with van der Waals surface area (Å²) in [4.78, 5) is 12.2. The number of alkyl halides is 2. The lowest BCUT2D eigenvalue weighted by Crippen LogP contribution is -2.26. The Morgan fingerprint density at radius 3 is 2.48 bits per heavy atom. The summed E-state index contributed by atoms with van der Waals surface area (Å²) in [6.07, 6.45) is 0.596. The molecule has 1 aromatic heterocycles. The summed E-state index contributed by atoms with van der Waals surface area (Å²) in [7, 11) is 1.79. The number of halogens is 2. The molecule has 5 nitrogen and oxygen atoms in total. The molecule has 23 heavy (non-hydrogen) atoms. The minimum absolute atomic E-state index is 0.120. The van der Waals surface area contributed by atoms with Crippen molar-refractivity contribution >= 4 is 5.91 Å². The van der Waals surface area contributed by atoms with Gasteiger partial charge in [-0.15, -0.1) is 0 Å². The summed E-state index contributed by atoms with van der Waals surface area (Å²) in [6, 6.07) is 6.37. The van der Waals surface area contributed by atoms with Crippen LogP contribution in [0.25, 0.3) is 0 Å². The van der Waals surface area contributed by atoms with Crippen LogP contribution in [-0.4, -0.2) is 28.8 Å². The molecule has 0 saturated heterocycles. The van der Waals surface area contributed by atoms with Gasteiger partial charge < -0.3 is 10.1 Å². The zero-order valence-corrected chi connectivity index (χ0v) is 13.3. The van der Waals surface area contributed by atoms with Crippen molar-refractivity contribution in [1.82, 2.24) is 15.1 Å². The zero-order valence-electron chi connectivity index (χ0n) is 13.3. The van der Waals surface area contributed by atoms with Gasteiger partial charge in [0.05, 0.1) is 11.3 Å². The molecule has 2 rings (SSSR count). The highest BCUT2D eigenvalue weighted by Gasteiger charge is 2.16. The Kier molecular flexibility index (Phi) is 5.31. The molecule has 0 spiro atoms. The summed E-state index contributed by atoms with van der Waals surface area (Å²) in [5.41, 5.74) is 3.02. The van der Waals surface area contributed by atoms with Crippen molar-refractivity contribution in [2.24, 2.45) is 7.05 Å².